The van der Waals surface area contributed by atoms with Crippen LogP contribution in [0.2, 0.25) is 0 Å². The molecule has 0 aliphatic carbocycles. The molecular formula is C9H11BrN2O. The molecule has 0 saturated heterocycles. The molecule has 0 saturated carbocycles. The monoisotopic (exact) mass is 242 g/mol. The number of hydrogen-bond acceptors (Lipinski definition) is 3. The molecule has 4 heteroatoms. The molecule has 3 nitrogen and oxygen atoms in total. The van der Waals surface area contributed by atoms with Crippen LogP contribution in [0, 0.1) is 0 Å². The first kappa shape index (κ1) is 8.97. The fourth-order valence-electron chi connectivity index (χ4n) is 1.54. The summed E-state index contributed by atoms with van der Waals surface area (Å²) in [6.45, 7) is 1.94. The number of hydrogen-bond donors (Lipinski definition) is 2. The zero-order valence-electron chi connectivity index (χ0n) is 7.18. The second kappa shape index (κ2) is 3.64. The maximum absolute atomic E-state index is 9.39. The lowest BCUT2D eigenvalue weighted by molar-refractivity contribution is 0.447. The molecule has 70 valence electrons. The number of rotatable bonds is 0. The van der Waals surface area contributed by atoms with Crippen LogP contribution in [0.4, 0.5) is 0 Å². The highest BCUT2D eigenvalue weighted by Gasteiger charge is 2.11. The fraction of sp³-hybridized carbons (Fsp3) is 0.444. The number of nitrogens with zero attached hydrogens (tertiary/aromatic N) is 1. The molecule has 2 N–H and O–H groups in total. The van der Waals surface area contributed by atoms with E-state index in [9.17, 15) is 5.11 Å². The van der Waals surface area contributed by atoms with E-state index in [4.69, 9.17) is 0 Å². The average Bonchev–Trinajstić information content (AvgIpc) is 2.31. The lowest BCUT2D eigenvalue weighted by atomic mass is 10.1. The predicted octanol–water partition coefficient (Wildman–Crippen LogP) is 1.24. The molecule has 0 radical (unpaired) electrons. The first-order chi connectivity index (χ1) is 6.27. The van der Waals surface area contributed by atoms with Crippen molar-refractivity contribution in [1.29, 1.82) is 0 Å². The molecule has 0 aromatic carbocycles. The quantitative estimate of drug-likeness (QED) is 0.720. The standard InChI is InChI=1S/C9H11BrN2O/c10-7-5-6-1-3-11-4-2-8(6)12-9(7)13/h5,11H,1-4H2,(H,12,13). The Hall–Kier alpha value is -0.610. The molecule has 0 unspecified atom stereocenters. The maximum Gasteiger partial charge on any atom is 0.225 e. The van der Waals surface area contributed by atoms with Crippen LogP contribution >= 0.6 is 15.9 Å². The van der Waals surface area contributed by atoms with Gasteiger partial charge in [-0.1, -0.05) is 0 Å². The Kier molecular flexibility index (Phi) is 2.51. The van der Waals surface area contributed by atoms with E-state index in [1.807, 2.05) is 6.07 Å². The van der Waals surface area contributed by atoms with Gasteiger partial charge in [0.05, 0.1) is 4.47 Å². The lowest BCUT2D eigenvalue weighted by Gasteiger charge is -2.05. The van der Waals surface area contributed by atoms with Gasteiger partial charge < -0.3 is 10.4 Å². The van der Waals surface area contributed by atoms with Crippen LogP contribution in [0.3, 0.4) is 0 Å². The normalized spacial score (nSPS) is 16.4. The molecule has 2 heterocycles. The molecule has 2 rings (SSSR count). The summed E-state index contributed by atoms with van der Waals surface area (Å²) >= 11 is 3.27. The van der Waals surface area contributed by atoms with Crippen LogP contribution < -0.4 is 5.32 Å². The summed E-state index contributed by atoms with van der Waals surface area (Å²) in [6.07, 6.45) is 1.89. The lowest BCUT2D eigenvalue weighted by Crippen LogP contribution is -2.16. The summed E-state index contributed by atoms with van der Waals surface area (Å²) in [6, 6.07) is 1.96. The zero-order chi connectivity index (χ0) is 9.26. The van der Waals surface area contributed by atoms with E-state index in [-0.39, 0.29) is 5.88 Å². The molecule has 1 aromatic rings. The summed E-state index contributed by atoms with van der Waals surface area (Å²) in [5.41, 5.74) is 2.25. The van der Waals surface area contributed by atoms with Gasteiger partial charge in [-0.2, -0.15) is 0 Å². The van der Waals surface area contributed by atoms with Crippen molar-refractivity contribution >= 4 is 15.9 Å². The van der Waals surface area contributed by atoms with Crippen LogP contribution in [0.5, 0.6) is 5.88 Å². The predicted molar refractivity (Wildman–Crippen MR) is 53.9 cm³/mol. The molecule has 0 bridgehead atoms. The minimum Gasteiger partial charge on any atom is -0.492 e. The van der Waals surface area contributed by atoms with E-state index in [2.05, 4.69) is 26.2 Å². The zero-order valence-corrected chi connectivity index (χ0v) is 8.76. The molecule has 1 aromatic heterocycles. The van der Waals surface area contributed by atoms with Gasteiger partial charge in [-0.05, 0) is 40.5 Å². The van der Waals surface area contributed by atoms with E-state index in [1.54, 1.807) is 0 Å². The molecule has 1 aliphatic rings. The summed E-state index contributed by atoms with van der Waals surface area (Å²) in [5.74, 6) is 0.0978. The van der Waals surface area contributed by atoms with Crippen molar-refractivity contribution in [2.75, 3.05) is 13.1 Å². The van der Waals surface area contributed by atoms with Crippen LogP contribution in [0.15, 0.2) is 10.5 Å². The summed E-state index contributed by atoms with van der Waals surface area (Å²) in [7, 11) is 0. The second-order valence-corrected chi connectivity index (χ2v) is 4.00. The Labute approximate surface area is 85.3 Å². The van der Waals surface area contributed by atoms with Crippen molar-refractivity contribution < 1.29 is 5.11 Å². The Bertz CT molecular complexity index is 297. The van der Waals surface area contributed by atoms with Gasteiger partial charge in [0.1, 0.15) is 0 Å². The van der Waals surface area contributed by atoms with Crippen molar-refractivity contribution in [2.45, 2.75) is 12.8 Å². The van der Waals surface area contributed by atoms with E-state index in [1.165, 1.54) is 5.56 Å². The van der Waals surface area contributed by atoms with E-state index in [0.717, 1.165) is 31.6 Å². The molecular weight excluding hydrogens is 232 g/mol. The molecule has 13 heavy (non-hydrogen) atoms. The van der Waals surface area contributed by atoms with Gasteiger partial charge in [0.25, 0.3) is 0 Å². The van der Waals surface area contributed by atoms with Gasteiger partial charge in [0.2, 0.25) is 5.88 Å². The third kappa shape index (κ3) is 1.84. The third-order valence-electron chi connectivity index (χ3n) is 2.24. The highest BCUT2D eigenvalue weighted by molar-refractivity contribution is 9.10. The number of halogens is 1. The van der Waals surface area contributed by atoms with Gasteiger partial charge in [0.15, 0.2) is 0 Å². The number of pyridine rings is 1. The molecule has 0 amide bonds. The Morgan fingerprint density at radius 1 is 1.38 bits per heavy atom. The van der Waals surface area contributed by atoms with Crippen molar-refractivity contribution in [3.8, 4) is 5.88 Å². The number of aromatic nitrogens is 1. The maximum atomic E-state index is 9.39. The van der Waals surface area contributed by atoms with Crippen molar-refractivity contribution in [2.24, 2.45) is 0 Å². The SMILES string of the molecule is Oc1nc2c(cc1Br)CCNCC2. The fourth-order valence-corrected chi connectivity index (χ4v) is 1.91. The summed E-state index contributed by atoms with van der Waals surface area (Å²) < 4.78 is 0.688. The average molecular weight is 243 g/mol. The van der Waals surface area contributed by atoms with E-state index < -0.39 is 0 Å². The topological polar surface area (TPSA) is 45.2 Å². The molecule has 0 atom stereocenters. The third-order valence-corrected chi connectivity index (χ3v) is 2.82. The van der Waals surface area contributed by atoms with Crippen LogP contribution in [0.25, 0.3) is 0 Å². The second-order valence-electron chi connectivity index (χ2n) is 3.15. The Balaban J connectivity index is 2.43. The first-order valence-corrected chi connectivity index (χ1v) is 5.14. The Morgan fingerprint density at radius 3 is 3.00 bits per heavy atom. The minimum absolute atomic E-state index is 0.0978. The number of fused-ring (bicyclic) bond motifs is 1. The van der Waals surface area contributed by atoms with Gasteiger partial charge >= 0.3 is 0 Å². The van der Waals surface area contributed by atoms with Crippen molar-refractivity contribution in [3.05, 3.63) is 21.8 Å². The highest BCUT2D eigenvalue weighted by Crippen LogP contribution is 2.25. The van der Waals surface area contributed by atoms with Crippen LogP contribution in [-0.2, 0) is 12.8 Å². The van der Waals surface area contributed by atoms with Gasteiger partial charge in [0, 0.05) is 18.7 Å². The number of nitrogens with one attached hydrogen (secondary N) is 1. The summed E-state index contributed by atoms with van der Waals surface area (Å²) in [4.78, 5) is 4.14. The molecule has 1 aliphatic heterocycles. The van der Waals surface area contributed by atoms with Crippen molar-refractivity contribution in [1.82, 2.24) is 10.3 Å². The van der Waals surface area contributed by atoms with Gasteiger partial charge in [-0.15, -0.1) is 0 Å². The largest absolute Gasteiger partial charge is 0.492 e. The van der Waals surface area contributed by atoms with Crippen molar-refractivity contribution in [3.63, 3.8) is 0 Å². The highest BCUT2D eigenvalue weighted by atomic mass is 79.9. The first-order valence-electron chi connectivity index (χ1n) is 4.35. The molecule has 0 fully saturated rings. The van der Waals surface area contributed by atoms with Gasteiger partial charge in [-0.3, -0.25) is 0 Å². The van der Waals surface area contributed by atoms with E-state index >= 15 is 0 Å². The Morgan fingerprint density at radius 2 is 2.15 bits per heavy atom. The van der Waals surface area contributed by atoms with E-state index in [0.29, 0.717) is 4.47 Å². The van der Waals surface area contributed by atoms with Crippen LogP contribution in [-0.4, -0.2) is 23.2 Å². The number of aromatic hydroxyl groups is 1. The van der Waals surface area contributed by atoms with Gasteiger partial charge in [-0.25, -0.2) is 4.98 Å². The smallest absolute Gasteiger partial charge is 0.225 e. The minimum atomic E-state index is 0.0978. The van der Waals surface area contributed by atoms with Crippen LogP contribution in [0.1, 0.15) is 11.3 Å². The summed E-state index contributed by atoms with van der Waals surface area (Å²) in [5, 5.41) is 12.7. The molecule has 0 spiro atoms.